The van der Waals surface area contributed by atoms with Crippen LogP contribution in [0.4, 0.5) is 17.1 Å². The molecule has 0 atom stereocenters. The summed E-state index contributed by atoms with van der Waals surface area (Å²) in [6.45, 7) is 0. The normalized spacial score (nSPS) is 11.6. The first-order valence-corrected chi connectivity index (χ1v) is 20.8. The van der Waals surface area contributed by atoms with Crippen molar-refractivity contribution < 1.29 is 4.42 Å². The van der Waals surface area contributed by atoms with E-state index in [1.54, 1.807) is 0 Å². The van der Waals surface area contributed by atoms with E-state index in [0.717, 1.165) is 66.9 Å². The molecule has 12 aromatic rings. The lowest BCUT2D eigenvalue weighted by Gasteiger charge is -2.27. The lowest BCUT2D eigenvalue weighted by Crippen LogP contribution is -2.10. The molecule has 12 rings (SSSR count). The SMILES string of the molecule is c1ccc(N(c2ccccc2)c2ccc(-c3cc(-c4ccc5oc6ccccc6c5c4)cc(-c4ccc5c(c4)c4ccccc4n5-c4ccccc4)c3)c3ccccc23)cc1. The van der Waals surface area contributed by atoms with Crippen LogP contribution in [0.1, 0.15) is 0 Å². The molecule has 0 aliphatic rings. The summed E-state index contributed by atoms with van der Waals surface area (Å²) >= 11 is 0. The van der Waals surface area contributed by atoms with Gasteiger partial charge in [-0.15, -0.1) is 0 Å². The highest BCUT2D eigenvalue weighted by Crippen LogP contribution is 2.44. The van der Waals surface area contributed by atoms with E-state index in [2.05, 4.69) is 228 Å². The molecule has 0 saturated carbocycles. The van der Waals surface area contributed by atoms with Crippen LogP contribution >= 0.6 is 0 Å². The maximum Gasteiger partial charge on any atom is 0.135 e. The Morgan fingerprint density at radius 3 is 1.56 bits per heavy atom. The largest absolute Gasteiger partial charge is 0.456 e. The molecule has 0 unspecified atom stereocenters. The van der Waals surface area contributed by atoms with Gasteiger partial charge >= 0.3 is 0 Å². The van der Waals surface area contributed by atoms with Crippen LogP contribution in [-0.2, 0) is 0 Å². The molecule has 3 heteroatoms. The highest BCUT2D eigenvalue weighted by Gasteiger charge is 2.19. The van der Waals surface area contributed by atoms with Crippen LogP contribution in [0.5, 0.6) is 0 Å². The van der Waals surface area contributed by atoms with Gasteiger partial charge in [-0.1, -0.05) is 133 Å². The van der Waals surface area contributed by atoms with Gasteiger partial charge in [0.1, 0.15) is 11.2 Å². The molecule has 0 spiro atoms. The molecule has 0 N–H and O–H groups in total. The molecule has 2 aromatic heterocycles. The standard InChI is InChI=1S/C58H38N2O/c1-4-16-44(17-5-1)59(45-18-6-2-7-19-45)55-32-30-47(48-22-10-11-23-49(48)55)43-35-41(34-42(36-43)40-29-33-58-53(38-40)51-25-13-15-27-57(51)61-58)39-28-31-56-52(37-39)50-24-12-14-26-54(50)60(56)46-20-8-3-9-21-46/h1-38H. The minimum atomic E-state index is 0.893. The molecule has 0 aliphatic carbocycles. The van der Waals surface area contributed by atoms with Crippen LogP contribution in [0, 0.1) is 0 Å². The lowest BCUT2D eigenvalue weighted by atomic mass is 9.90. The summed E-state index contributed by atoms with van der Waals surface area (Å²) in [5.41, 5.74) is 15.6. The second-order valence-corrected chi connectivity index (χ2v) is 15.7. The maximum absolute atomic E-state index is 6.28. The molecule has 0 bridgehead atoms. The first-order chi connectivity index (χ1) is 30.2. The Kier molecular flexibility index (Phi) is 8.17. The Morgan fingerprint density at radius 2 is 0.836 bits per heavy atom. The minimum Gasteiger partial charge on any atom is -0.456 e. The quantitative estimate of drug-likeness (QED) is 0.161. The third-order valence-corrected chi connectivity index (χ3v) is 12.1. The van der Waals surface area contributed by atoms with E-state index >= 15 is 0 Å². The average molecular weight is 779 g/mol. The Balaban J connectivity index is 1.08. The van der Waals surface area contributed by atoms with Crippen LogP contribution in [0.2, 0.25) is 0 Å². The van der Waals surface area contributed by atoms with Gasteiger partial charge in [0.25, 0.3) is 0 Å². The number of para-hydroxylation sites is 5. The Bertz CT molecular complexity index is 3540. The number of hydrogen-bond donors (Lipinski definition) is 0. The van der Waals surface area contributed by atoms with E-state index in [-0.39, 0.29) is 0 Å². The van der Waals surface area contributed by atoms with E-state index in [4.69, 9.17) is 4.42 Å². The number of hydrogen-bond acceptors (Lipinski definition) is 2. The van der Waals surface area contributed by atoms with Crippen molar-refractivity contribution in [3.8, 4) is 39.1 Å². The monoisotopic (exact) mass is 778 g/mol. The number of rotatable bonds is 7. The molecule has 0 aliphatic heterocycles. The van der Waals surface area contributed by atoms with Crippen LogP contribution in [0.25, 0.3) is 93.6 Å². The molecule has 0 radical (unpaired) electrons. The van der Waals surface area contributed by atoms with Crippen molar-refractivity contribution in [2.24, 2.45) is 0 Å². The molecule has 3 nitrogen and oxygen atoms in total. The van der Waals surface area contributed by atoms with Gasteiger partial charge < -0.3 is 13.9 Å². The molecule has 0 fully saturated rings. The van der Waals surface area contributed by atoms with Crippen LogP contribution in [0.3, 0.4) is 0 Å². The average Bonchev–Trinajstić information content (AvgIpc) is 3.88. The first kappa shape index (κ1) is 34.9. The van der Waals surface area contributed by atoms with Gasteiger partial charge in [-0.05, 0) is 136 Å². The van der Waals surface area contributed by atoms with Crippen molar-refractivity contribution >= 4 is 71.6 Å². The van der Waals surface area contributed by atoms with Crippen LogP contribution in [0.15, 0.2) is 235 Å². The van der Waals surface area contributed by atoms with Crippen LogP contribution < -0.4 is 4.90 Å². The summed E-state index contributed by atoms with van der Waals surface area (Å²) in [4.78, 5) is 2.36. The van der Waals surface area contributed by atoms with Gasteiger partial charge in [0.2, 0.25) is 0 Å². The molecule has 0 amide bonds. The van der Waals surface area contributed by atoms with E-state index in [1.165, 1.54) is 43.7 Å². The van der Waals surface area contributed by atoms with Crippen molar-refractivity contribution in [2.75, 3.05) is 4.90 Å². The van der Waals surface area contributed by atoms with Crippen molar-refractivity contribution in [3.05, 3.63) is 231 Å². The predicted octanol–water partition coefficient (Wildman–Crippen LogP) is 16.3. The third kappa shape index (κ3) is 5.90. The number of anilines is 3. The number of benzene rings is 10. The second kappa shape index (κ2) is 14.3. The van der Waals surface area contributed by atoms with E-state index in [1.807, 2.05) is 12.1 Å². The summed E-state index contributed by atoms with van der Waals surface area (Å²) in [7, 11) is 0. The second-order valence-electron chi connectivity index (χ2n) is 15.7. The van der Waals surface area contributed by atoms with Gasteiger partial charge in [-0.25, -0.2) is 0 Å². The summed E-state index contributed by atoms with van der Waals surface area (Å²) in [5, 5.41) is 7.08. The highest BCUT2D eigenvalue weighted by atomic mass is 16.3. The smallest absolute Gasteiger partial charge is 0.135 e. The highest BCUT2D eigenvalue weighted by molar-refractivity contribution is 6.12. The van der Waals surface area contributed by atoms with Gasteiger partial charge in [-0.2, -0.15) is 0 Å². The van der Waals surface area contributed by atoms with Crippen molar-refractivity contribution in [2.45, 2.75) is 0 Å². The predicted molar refractivity (Wildman–Crippen MR) is 257 cm³/mol. The molecule has 286 valence electrons. The van der Waals surface area contributed by atoms with E-state index in [9.17, 15) is 0 Å². The van der Waals surface area contributed by atoms with Gasteiger partial charge in [-0.3, -0.25) is 0 Å². The summed E-state index contributed by atoms with van der Waals surface area (Å²) < 4.78 is 8.65. The van der Waals surface area contributed by atoms with Gasteiger partial charge in [0, 0.05) is 44.0 Å². The summed E-state index contributed by atoms with van der Waals surface area (Å²) in [5.74, 6) is 0. The fraction of sp³-hybridized carbons (Fsp3) is 0. The Hall–Kier alpha value is -8.14. The fourth-order valence-corrected chi connectivity index (χ4v) is 9.34. The third-order valence-electron chi connectivity index (χ3n) is 12.1. The van der Waals surface area contributed by atoms with Gasteiger partial charge in [0.05, 0.1) is 16.7 Å². The van der Waals surface area contributed by atoms with E-state index in [0.29, 0.717) is 0 Å². The maximum atomic E-state index is 6.28. The zero-order valence-electron chi connectivity index (χ0n) is 33.2. The van der Waals surface area contributed by atoms with Crippen molar-refractivity contribution in [3.63, 3.8) is 0 Å². The molecular weight excluding hydrogens is 741 g/mol. The molecule has 10 aromatic carbocycles. The lowest BCUT2D eigenvalue weighted by molar-refractivity contribution is 0.669. The molecule has 0 saturated heterocycles. The Labute approximate surface area is 353 Å². The molecular formula is C58H38N2O. The van der Waals surface area contributed by atoms with E-state index < -0.39 is 0 Å². The number of fused-ring (bicyclic) bond motifs is 7. The van der Waals surface area contributed by atoms with Crippen molar-refractivity contribution in [1.82, 2.24) is 4.57 Å². The van der Waals surface area contributed by atoms with Gasteiger partial charge in [0.15, 0.2) is 0 Å². The van der Waals surface area contributed by atoms with Crippen LogP contribution in [-0.4, -0.2) is 4.57 Å². The molecule has 61 heavy (non-hydrogen) atoms. The number of aromatic nitrogens is 1. The first-order valence-electron chi connectivity index (χ1n) is 20.8. The topological polar surface area (TPSA) is 21.3 Å². The zero-order chi connectivity index (χ0) is 40.3. The Morgan fingerprint density at radius 1 is 0.311 bits per heavy atom. The minimum absolute atomic E-state index is 0.893. The number of furan rings is 1. The van der Waals surface area contributed by atoms with Crippen molar-refractivity contribution in [1.29, 1.82) is 0 Å². The molecule has 2 heterocycles. The number of nitrogens with zero attached hydrogens (tertiary/aromatic N) is 2. The summed E-state index contributed by atoms with van der Waals surface area (Å²) in [6.07, 6.45) is 0. The fourth-order valence-electron chi connectivity index (χ4n) is 9.34. The zero-order valence-corrected chi connectivity index (χ0v) is 33.2. The summed E-state index contributed by atoms with van der Waals surface area (Å²) in [6, 6.07) is 83.1.